The van der Waals surface area contributed by atoms with E-state index < -0.39 is 5.63 Å². The molecule has 192 valence electrons. The summed E-state index contributed by atoms with van der Waals surface area (Å²) in [6.45, 7) is 2.05. The van der Waals surface area contributed by atoms with Gasteiger partial charge in [-0.25, -0.2) is 9.78 Å². The van der Waals surface area contributed by atoms with Crippen molar-refractivity contribution in [3.63, 3.8) is 0 Å². The van der Waals surface area contributed by atoms with Crippen LogP contribution in [0.25, 0.3) is 21.9 Å². The van der Waals surface area contributed by atoms with Gasteiger partial charge in [-0.15, -0.1) is 0 Å². The first-order valence-corrected chi connectivity index (χ1v) is 12.9. The maximum absolute atomic E-state index is 12.9. The average molecular weight is 500 g/mol. The fourth-order valence-electron chi connectivity index (χ4n) is 5.12. The van der Waals surface area contributed by atoms with E-state index in [1.54, 1.807) is 0 Å². The molecule has 0 radical (unpaired) electrons. The molecular formula is C29H33N5O3. The van der Waals surface area contributed by atoms with E-state index in [0.29, 0.717) is 17.1 Å². The van der Waals surface area contributed by atoms with Crippen molar-refractivity contribution in [1.29, 1.82) is 0 Å². The monoisotopic (exact) mass is 499 g/mol. The Kier molecular flexibility index (Phi) is 7.08. The molecule has 2 aromatic heterocycles. The second-order valence-electron chi connectivity index (χ2n) is 9.99. The predicted octanol–water partition coefficient (Wildman–Crippen LogP) is 4.45. The van der Waals surface area contributed by atoms with Crippen molar-refractivity contribution in [3.05, 3.63) is 70.1 Å². The van der Waals surface area contributed by atoms with Crippen molar-refractivity contribution in [1.82, 2.24) is 15.3 Å². The van der Waals surface area contributed by atoms with Gasteiger partial charge >= 0.3 is 5.63 Å². The minimum absolute atomic E-state index is 0.0728. The van der Waals surface area contributed by atoms with Gasteiger partial charge in [-0.3, -0.25) is 4.79 Å². The van der Waals surface area contributed by atoms with E-state index >= 15 is 0 Å². The summed E-state index contributed by atoms with van der Waals surface area (Å²) in [6, 6.07) is 15.6. The molecule has 0 saturated heterocycles. The number of benzene rings is 2. The summed E-state index contributed by atoms with van der Waals surface area (Å²) in [5.74, 6) is 1.45. The number of fused-ring (bicyclic) bond motifs is 2. The number of rotatable bonds is 7. The lowest BCUT2D eigenvalue weighted by Gasteiger charge is -2.30. The SMILES string of the molecule is CCc1ccc2c(CC(=O)NC3CCC(Nc4nc(N(C)C)c5ccccc5n4)CC3)cc(=O)oc2c1. The third-order valence-electron chi connectivity index (χ3n) is 7.09. The van der Waals surface area contributed by atoms with Crippen LogP contribution in [0.4, 0.5) is 11.8 Å². The number of hydrogen-bond acceptors (Lipinski definition) is 7. The average Bonchev–Trinajstić information content (AvgIpc) is 2.88. The molecule has 0 atom stereocenters. The second kappa shape index (κ2) is 10.6. The Hall–Kier alpha value is -3.94. The zero-order chi connectivity index (χ0) is 25.9. The number of aromatic nitrogens is 2. The highest BCUT2D eigenvalue weighted by atomic mass is 16.4. The van der Waals surface area contributed by atoms with Crippen LogP contribution >= 0.6 is 0 Å². The summed E-state index contributed by atoms with van der Waals surface area (Å²) in [6.07, 6.45) is 4.58. The van der Waals surface area contributed by atoms with Crippen molar-refractivity contribution < 1.29 is 9.21 Å². The quantitative estimate of drug-likeness (QED) is 0.363. The Morgan fingerprint density at radius 2 is 1.76 bits per heavy atom. The molecule has 1 aliphatic carbocycles. The minimum Gasteiger partial charge on any atom is -0.423 e. The Morgan fingerprint density at radius 3 is 2.51 bits per heavy atom. The first-order valence-electron chi connectivity index (χ1n) is 12.9. The lowest BCUT2D eigenvalue weighted by Crippen LogP contribution is -2.41. The van der Waals surface area contributed by atoms with Crippen molar-refractivity contribution in [2.75, 3.05) is 24.3 Å². The Morgan fingerprint density at radius 1 is 1.00 bits per heavy atom. The van der Waals surface area contributed by atoms with Crippen LogP contribution in [0.5, 0.6) is 0 Å². The number of amides is 1. The zero-order valence-corrected chi connectivity index (χ0v) is 21.6. The molecule has 1 fully saturated rings. The normalized spacial score (nSPS) is 17.6. The van der Waals surface area contributed by atoms with Crippen LogP contribution in [0.3, 0.4) is 0 Å². The molecule has 8 heteroatoms. The highest BCUT2D eigenvalue weighted by molar-refractivity contribution is 5.90. The van der Waals surface area contributed by atoms with Crippen molar-refractivity contribution in [3.8, 4) is 0 Å². The molecule has 0 spiro atoms. The highest BCUT2D eigenvalue weighted by Gasteiger charge is 2.24. The van der Waals surface area contributed by atoms with Crippen LogP contribution in [0, 0.1) is 0 Å². The summed E-state index contributed by atoms with van der Waals surface area (Å²) < 4.78 is 5.37. The Bertz CT molecular complexity index is 1490. The van der Waals surface area contributed by atoms with Crippen molar-refractivity contribution in [2.24, 2.45) is 0 Å². The highest BCUT2D eigenvalue weighted by Crippen LogP contribution is 2.26. The van der Waals surface area contributed by atoms with Gasteiger partial charge in [0.15, 0.2) is 0 Å². The first kappa shape index (κ1) is 24.7. The van der Waals surface area contributed by atoms with Crippen LogP contribution < -0.4 is 21.2 Å². The maximum atomic E-state index is 12.9. The first-order chi connectivity index (χ1) is 17.9. The van der Waals surface area contributed by atoms with Crippen molar-refractivity contribution in [2.45, 2.75) is 57.5 Å². The summed E-state index contributed by atoms with van der Waals surface area (Å²) in [5, 5.41) is 8.52. The Labute approximate surface area is 216 Å². The summed E-state index contributed by atoms with van der Waals surface area (Å²) >= 11 is 0. The van der Waals surface area contributed by atoms with Gasteiger partial charge in [0.25, 0.3) is 0 Å². The number of para-hydroxylation sites is 1. The smallest absolute Gasteiger partial charge is 0.336 e. The van der Waals surface area contributed by atoms with E-state index in [0.717, 1.165) is 59.8 Å². The lowest BCUT2D eigenvalue weighted by atomic mass is 9.91. The number of nitrogens with zero attached hydrogens (tertiary/aromatic N) is 3. The van der Waals surface area contributed by atoms with Gasteiger partial charge in [-0.1, -0.05) is 31.2 Å². The van der Waals surface area contributed by atoms with E-state index in [1.165, 1.54) is 6.07 Å². The topological polar surface area (TPSA) is 100 Å². The fraction of sp³-hybridized carbons (Fsp3) is 0.379. The van der Waals surface area contributed by atoms with E-state index in [4.69, 9.17) is 14.4 Å². The number of aryl methyl sites for hydroxylation is 1. The summed E-state index contributed by atoms with van der Waals surface area (Å²) in [7, 11) is 3.97. The largest absolute Gasteiger partial charge is 0.423 e. The molecule has 1 aliphatic rings. The molecule has 2 heterocycles. The van der Waals surface area contributed by atoms with Gasteiger partial charge < -0.3 is 20.0 Å². The molecule has 1 amide bonds. The molecule has 0 aliphatic heterocycles. The van der Waals surface area contributed by atoms with Crippen LogP contribution in [0.15, 0.2) is 57.7 Å². The van der Waals surface area contributed by atoms with E-state index in [2.05, 4.69) is 17.6 Å². The number of carbonyl (C=O) groups excluding carboxylic acids is 1. The van der Waals surface area contributed by atoms with Gasteiger partial charge in [0, 0.05) is 43.0 Å². The van der Waals surface area contributed by atoms with Crippen LogP contribution in [-0.2, 0) is 17.6 Å². The number of hydrogen-bond donors (Lipinski definition) is 2. The molecule has 0 unspecified atom stereocenters. The number of anilines is 2. The number of nitrogens with one attached hydrogen (secondary N) is 2. The zero-order valence-electron chi connectivity index (χ0n) is 21.6. The molecule has 37 heavy (non-hydrogen) atoms. The van der Waals surface area contributed by atoms with E-state index in [1.807, 2.05) is 61.5 Å². The van der Waals surface area contributed by atoms with Crippen molar-refractivity contribution >= 4 is 39.5 Å². The summed E-state index contributed by atoms with van der Waals surface area (Å²) in [4.78, 5) is 36.4. The molecule has 2 aromatic carbocycles. The van der Waals surface area contributed by atoms with Crippen LogP contribution in [0.1, 0.15) is 43.7 Å². The summed E-state index contributed by atoms with van der Waals surface area (Å²) in [5.41, 5.74) is 2.82. The second-order valence-corrected chi connectivity index (χ2v) is 9.99. The molecule has 4 aromatic rings. The molecular weight excluding hydrogens is 466 g/mol. The molecule has 0 bridgehead atoms. The molecule has 5 rings (SSSR count). The molecule has 1 saturated carbocycles. The predicted molar refractivity (Wildman–Crippen MR) is 147 cm³/mol. The molecule has 8 nitrogen and oxygen atoms in total. The number of carbonyl (C=O) groups is 1. The lowest BCUT2D eigenvalue weighted by molar-refractivity contribution is -0.121. The Balaban J connectivity index is 1.20. The van der Waals surface area contributed by atoms with Crippen LogP contribution in [0.2, 0.25) is 0 Å². The van der Waals surface area contributed by atoms with E-state index in [9.17, 15) is 9.59 Å². The van der Waals surface area contributed by atoms with Gasteiger partial charge in [-0.05, 0) is 61.4 Å². The third kappa shape index (κ3) is 5.58. The third-order valence-corrected chi connectivity index (χ3v) is 7.09. The molecule has 2 N–H and O–H groups in total. The standard InChI is InChI=1S/C29H33N5O3/c1-4-18-9-14-22-19(17-27(36)37-25(22)15-18)16-26(35)30-20-10-12-21(13-11-20)31-29-32-24-8-6-5-7-23(24)28(33-29)34(2)3/h5-9,14-15,17,20-21H,4,10-13,16H2,1-3H3,(H,30,35)(H,31,32,33). The maximum Gasteiger partial charge on any atom is 0.336 e. The van der Waals surface area contributed by atoms with Crippen LogP contribution in [-0.4, -0.2) is 42.1 Å². The van der Waals surface area contributed by atoms with Gasteiger partial charge in [0.05, 0.1) is 11.9 Å². The fourth-order valence-corrected chi connectivity index (χ4v) is 5.12. The van der Waals surface area contributed by atoms with Gasteiger partial charge in [-0.2, -0.15) is 4.98 Å². The van der Waals surface area contributed by atoms with Gasteiger partial charge in [0.1, 0.15) is 11.4 Å². The van der Waals surface area contributed by atoms with Gasteiger partial charge in [0.2, 0.25) is 11.9 Å². The minimum atomic E-state index is -0.427. The van der Waals surface area contributed by atoms with E-state index in [-0.39, 0.29) is 24.4 Å².